The average Bonchev–Trinajstić information content (AvgIpc) is 3.15. The number of para-hydroxylation sites is 1. The van der Waals surface area contributed by atoms with Gasteiger partial charge in [0.05, 0.1) is 11.1 Å². The molecule has 0 saturated carbocycles. The molecule has 144 valence electrons. The van der Waals surface area contributed by atoms with Crippen LogP contribution in [0.5, 0.6) is 0 Å². The number of carbonyl (C=O) groups excluding carboxylic acids is 1. The number of nitrogens with zero attached hydrogens (tertiary/aromatic N) is 4. The first-order valence-electron chi connectivity index (χ1n) is 10.2. The number of carbonyl (C=O) groups is 1. The quantitative estimate of drug-likeness (QED) is 0.833. The Morgan fingerprint density at radius 1 is 1.15 bits per heavy atom. The van der Waals surface area contributed by atoms with E-state index in [9.17, 15) is 4.79 Å². The zero-order valence-corrected chi connectivity index (χ0v) is 16.5. The van der Waals surface area contributed by atoms with E-state index in [0.29, 0.717) is 5.92 Å². The van der Waals surface area contributed by atoms with Crippen molar-refractivity contribution in [3.63, 3.8) is 0 Å². The maximum atomic E-state index is 13.3. The summed E-state index contributed by atoms with van der Waals surface area (Å²) in [6, 6.07) is 9.91. The van der Waals surface area contributed by atoms with Crippen molar-refractivity contribution in [2.75, 3.05) is 51.7 Å². The third-order valence-corrected chi connectivity index (χ3v) is 5.93. The molecule has 2 aromatic rings. The van der Waals surface area contributed by atoms with Crippen LogP contribution in [0, 0.1) is 5.92 Å². The van der Waals surface area contributed by atoms with E-state index in [1.54, 1.807) is 0 Å². The second-order valence-electron chi connectivity index (χ2n) is 8.21. The number of pyridine rings is 1. The normalized spacial score (nSPS) is 21.0. The Hall–Kier alpha value is -2.14. The van der Waals surface area contributed by atoms with E-state index in [1.807, 2.05) is 49.3 Å². The molecule has 4 rings (SSSR count). The Labute approximate surface area is 162 Å². The Kier molecular flexibility index (Phi) is 5.30. The predicted molar refractivity (Wildman–Crippen MR) is 110 cm³/mol. The lowest BCUT2D eigenvalue weighted by Crippen LogP contribution is -2.36. The molecule has 2 aliphatic heterocycles. The van der Waals surface area contributed by atoms with Crippen LogP contribution in [0.4, 0.5) is 5.82 Å². The van der Waals surface area contributed by atoms with Gasteiger partial charge in [0.15, 0.2) is 0 Å². The number of fused-ring (bicyclic) bond motifs is 1. The van der Waals surface area contributed by atoms with Crippen molar-refractivity contribution in [1.29, 1.82) is 0 Å². The summed E-state index contributed by atoms with van der Waals surface area (Å²) in [6.45, 7) is 5.34. The molecular weight excluding hydrogens is 336 g/mol. The summed E-state index contributed by atoms with van der Waals surface area (Å²) in [4.78, 5) is 24.6. The first-order valence-corrected chi connectivity index (χ1v) is 10.2. The summed E-state index contributed by atoms with van der Waals surface area (Å²) >= 11 is 0. The summed E-state index contributed by atoms with van der Waals surface area (Å²) in [5.74, 6) is 1.59. The Morgan fingerprint density at radius 2 is 1.93 bits per heavy atom. The van der Waals surface area contributed by atoms with Crippen LogP contribution in [0.25, 0.3) is 10.9 Å². The van der Waals surface area contributed by atoms with E-state index in [0.717, 1.165) is 48.3 Å². The smallest absolute Gasteiger partial charge is 0.254 e. The molecule has 27 heavy (non-hydrogen) atoms. The second kappa shape index (κ2) is 7.85. The maximum absolute atomic E-state index is 13.3. The lowest BCUT2D eigenvalue weighted by atomic mass is 10.1. The van der Waals surface area contributed by atoms with E-state index < -0.39 is 0 Å². The van der Waals surface area contributed by atoms with Gasteiger partial charge in [-0.05, 0) is 50.4 Å². The molecule has 0 bridgehead atoms. The van der Waals surface area contributed by atoms with Gasteiger partial charge in [0.2, 0.25) is 0 Å². The molecule has 1 amide bonds. The highest BCUT2D eigenvalue weighted by atomic mass is 16.2. The van der Waals surface area contributed by atoms with Crippen molar-refractivity contribution in [3.05, 3.63) is 35.9 Å². The average molecular weight is 367 g/mol. The molecule has 0 aliphatic carbocycles. The summed E-state index contributed by atoms with van der Waals surface area (Å²) < 4.78 is 0. The molecule has 2 aliphatic rings. The second-order valence-corrected chi connectivity index (χ2v) is 8.21. The van der Waals surface area contributed by atoms with Crippen molar-refractivity contribution in [1.82, 2.24) is 14.8 Å². The van der Waals surface area contributed by atoms with Crippen LogP contribution in [0.15, 0.2) is 30.3 Å². The molecule has 5 nitrogen and oxygen atoms in total. The predicted octanol–water partition coefficient (Wildman–Crippen LogP) is 3.25. The number of hydrogen-bond donors (Lipinski definition) is 0. The van der Waals surface area contributed by atoms with Gasteiger partial charge in [-0.1, -0.05) is 24.6 Å². The van der Waals surface area contributed by atoms with Crippen LogP contribution in [0.3, 0.4) is 0 Å². The standard InChI is InChI=1S/C22H30N4O/c1-24(2)21-14-19(18-8-4-5-9-20(18)23-21)22(27)26-13-10-17(16-26)15-25-11-6-3-7-12-25/h4-5,8-9,14,17H,3,6-7,10-13,15-16H2,1-2H3/t17-/m1/s1. The van der Waals surface area contributed by atoms with Gasteiger partial charge in [0.1, 0.15) is 5.82 Å². The molecule has 0 N–H and O–H groups in total. The third kappa shape index (κ3) is 3.93. The molecule has 1 atom stereocenters. The van der Waals surface area contributed by atoms with Crippen molar-refractivity contribution in [2.45, 2.75) is 25.7 Å². The zero-order chi connectivity index (χ0) is 18.8. The highest BCUT2D eigenvalue weighted by Crippen LogP contribution is 2.26. The fourth-order valence-electron chi connectivity index (χ4n) is 4.41. The SMILES string of the molecule is CN(C)c1cc(C(=O)N2CC[C@H](CN3CCCCC3)C2)c2ccccc2n1. The Balaban J connectivity index is 1.52. The van der Waals surface area contributed by atoms with Crippen LogP contribution >= 0.6 is 0 Å². The third-order valence-electron chi connectivity index (χ3n) is 5.93. The monoisotopic (exact) mass is 366 g/mol. The molecule has 0 radical (unpaired) electrons. The van der Waals surface area contributed by atoms with Crippen molar-refractivity contribution in [2.24, 2.45) is 5.92 Å². The van der Waals surface area contributed by atoms with Crippen LogP contribution in [-0.4, -0.2) is 67.5 Å². The molecule has 5 heteroatoms. The molecule has 0 spiro atoms. The topological polar surface area (TPSA) is 39.7 Å². The van der Waals surface area contributed by atoms with E-state index in [-0.39, 0.29) is 5.91 Å². The van der Waals surface area contributed by atoms with Crippen molar-refractivity contribution < 1.29 is 4.79 Å². The van der Waals surface area contributed by atoms with Crippen LogP contribution in [-0.2, 0) is 0 Å². The summed E-state index contributed by atoms with van der Waals surface area (Å²) in [5, 5.41) is 0.951. The van der Waals surface area contributed by atoms with Crippen LogP contribution in [0.1, 0.15) is 36.0 Å². The summed E-state index contributed by atoms with van der Waals surface area (Å²) in [7, 11) is 3.94. The van der Waals surface area contributed by atoms with Crippen molar-refractivity contribution in [3.8, 4) is 0 Å². The van der Waals surface area contributed by atoms with Gasteiger partial charge >= 0.3 is 0 Å². The first kappa shape index (κ1) is 18.2. The van der Waals surface area contributed by atoms with Gasteiger partial charge in [-0.2, -0.15) is 0 Å². The fourth-order valence-corrected chi connectivity index (χ4v) is 4.41. The van der Waals surface area contributed by atoms with E-state index >= 15 is 0 Å². The van der Waals surface area contributed by atoms with Gasteiger partial charge in [-0.15, -0.1) is 0 Å². The van der Waals surface area contributed by atoms with Gasteiger partial charge in [-0.3, -0.25) is 4.79 Å². The number of likely N-dealkylation sites (tertiary alicyclic amines) is 2. The number of piperidine rings is 1. The lowest BCUT2D eigenvalue weighted by Gasteiger charge is -2.29. The minimum atomic E-state index is 0.151. The lowest BCUT2D eigenvalue weighted by molar-refractivity contribution is 0.0784. The number of benzene rings is 1. The minimum absolute atomic E-state index is 0.151. The van der Waals surface area contributed by atoms with Crippen LogP contribution < -0.4 is 4.90 Å². The summed E-state index contributed by atoms with van der Waals surface area (Å²) in [6.07, 6.45) is 5.14. The number of aromatic nitrogens is 1. The summed E-state index contributed by atoms with van der Waals surface area (Å²) in [5.41, 5.74) is 1.67. The highest BCUT2D eigenvalue weighted by Gasteiger charge is 2.29. The molecule has 3 heterocycles. The fraction of sp³-hybridized carbons (Fsp3) is 0.545. The minimum Gasteiger partial charge on any atom is -0.363 e. The molecule has 1 aromatic heterocycles. The highest BCUT2D eigenvalue weighted by molar-refractivity contribution is 6.07. The van der Waals surface area contributed by atoms with Crippen LogP contribution in [0.2, 0.25) is 0 Å². The van der Waals surface area contributed by atoms with Gasteiger partial charge in [0, 0.05) is 39.1 Å². The molecule has 2 saturated heterocycles. The van der Waals surface area contributed by atoms with Gasteiger partial charge < -0.3 is 14.7 Å². The van der Waals surface area contributed by atoms with Crippen molar-refractivity contribution >= 4 is 22.6 Å². The Bertz CT molecular complexity index is 813. The molecule has 0 unspecified atom stereocenters. The van der Waals surface area contributed by atoms with E-state index in [1.165, 1.54) is 32.4 Å². The molecule has 1 aromatic carbocycles. The number of anilines is 1. The maximum Gasteiger partial charge on any atom is 0.254 e. The largest absolute Gasteiger partial charge is 0.363 e. The first-order chi connectivity index (χ1) is 13.1. The van der Waals surface area contributed by atoms with Gasteiger partial charge in [-0.25, -0.2) is 4.98 Å². The number of amides is 1. The molecule has 2 fully saturated rings. The number of rotatable bonds is 4. The van der Waals surface area contributed by atoms with E-state index in [2.05, 4.69) is 14.8 Å². The molecular formula is C22H30N4O. The zero-order valence-electron chi connectivity index (χ0n) is 16.5. The van der Waals surface area contributed by atoms with E-state index in [4.69, 9.17) is 0 Å². The number of hydrogen-bond acceptors (Lipinski definition) is 4. The van der Waals surface area contributed by atoms with Gasteiger partial charge in [0.25, 0.3) is 5.91 Å². The Morgan fingerprint density at radius 3 is 2.70 bits per heavy atom.